The van der Waals surface area contributed by atoms with Crippen molar-refractivity contribution in [1.29, 1.82) is 0 Å². The second-order valence-electron chi connectivity index (χ2n) is 5.82. The van der Waals surface area contributed by atoms with Gasteiger partial charge in [-0.3, -0.25) is 4.31 Å². The van der Waals surface area contributed by atoms with Crippen LogP contribution in [0.15, 0.2) is 54.6 Å². The summed E-state index contributed by atoms with van der Waals surface area (Å²) in [7, 11) is 0. The minimum atomic E-state index is -0.246. The average Bonchev–Trinajstić information content (AvgIpc) is 2.65. The van der Waals surface area contributed by atoms with Crippen LogP contribution >= 0.6 is 12.8 Å². The van der Waals surface area contributed by atoms with Crippen LogP contribution in [0.1, 0.15) is 31.7 Å². The van der Waals surface area contributed by atoms with Crippen molar-refractivity contribution < 1.29 is 9.53 Å². The molecule has 0 saturated heterocycles. The number of nitrogens with zero attached hydrogens (tertiary/aromatic N) is 1. The first-order valence-corrected chi connectivity index (χ1v) is 9.13. The van der Waals surface area contributed by atoms with Crippen LogP contribution in [0.25, 0.3) is 0 Å². The molecule has 0 fully saturated rings. The van der Waals surface area contributed by atoms with Gasteiger partial charge in [0.15, 0.2) is 0 Å². The van der Waals surface area contributed by atoms with Gasteiger partial charge in [-0.05, 0) is 50.3 Å². The van der Waals surface area contributed by atoms with E-state index in [9.17, 15) is 4.79 Å². The average molecular weight is 359 g/mol. The number of carbonyl (C=O) groups is 1. The molecule has 2 rings (SSSR count). The molecule has 2 aromatic rings. The maximum Gasteiger partial charge on any atom is 0.331 e. The molecule has 0 aromatic heterocycles. The fourth-order valence-electron chi connectivity index (χ4n) is 2.44. The molecule has 0 atom stereocenters. The minimum absolute atomic E-state index is 0.246. The molecule has 0 aliphatic carbocycles. The Morgan fingerprint density at radius 3 is 2.64 bits per heavy atom. The zero-order valence-electron chi connectivity index (χ0n) is 14.6. The predicted octanol–water partition coefficient (Wildman–Crippen LogP) is 5.18. The monoisotopic (exact) mass is 358 g/mol. The van der Waals surface area contributed by atoms with Crippen LogP contribution in [0.2, 0.25) is 0 Å². The summed E-state index contributed by atoms with van der Waals surface area (Å²) >= 11 is 4.09. The van der Waals surface area contributed by atoms with Crippen molar-refractivity contribution in [2.75, 3.05) is 18.5 Å². The standard InChI is InChI=1S/C20H26N2O2S/c1-2-22(25)20(23)21-18-13-9-14-19(16-18)24-15-8-4-7-12-17-10-5-3-6-11-17/h3,5-6,9-11,13-14,16,25H,2,4,7-8,12,15H2,1H3,(H,21,23). The van der Waals surface area contributed by atoms with Crippen molar-refractivity contribution in [2.24, 2.45) is 0 Å². The highest BCUT2D eigenvalue weighted by atomic mass is 32.1. The van der Waals surface area contributed by atoms with Crippen molar-refractivity contribution in [1.82, 2.24) is 4.31 Å². The van der Waals surface area contributed by atoms with Crippen LogP contribution in [-0.2, 0) is 6.42 Å². The fraction of sp³-hybridized carbons (Fsp3) is 0.350. The van der Waals surface area contributed by atoms with Gasteiger partial charge in [0.1, 0.15) is 5.75 Å². The lowest BCUT2D eigenvalue weighted by molar-refractivity contribution is 0.240. The molecule has 0 radical (unpaired) electrons. The lowest BCUT2D eigenvalue weighted by Gasteiger charge is -2.14. The Balaban J connectivity index is 1.67. The molecule has 4 nitrogen and oxygen atoms in total. The largest absolute Gasteiger partial charge is 0.494 e. The van der Waals surface area contributed by atoms with Gasteiger partial charge in [0, 0.05) is 18.3 Å². The van der Waals surface area contributed by atoms with Crippen LogP contribution in [-0.4, -0.2) is 23.5 Å². The zero-order valence-corrected chi connectivity index (χ0v) is 15.5. The Labute approximate surface area is 155 Å². The van der Waals surface area contributed by atoms with Crippen LogP contribution in [0, 0.1) is 0 Å². The minimum Gasteiger partial charge on any atom is -0.494 e. The Bertz CT molecular complexity index is 649. The summed E-state index contributed by atoms with van der Waals surface area (Å²) in [5.74, 6) is 0.767. The molecular weight excluding hydrogens is 332 g/mol. The van der Waals surface area contributed by atoms with Crippen LogP contribution in [0.3, 0.4) is 0 Å². The number of urea groups is 1. The number of benzene rings is 2. The van der Waals surface area contributed by atoms with Gasteiger partial charge in [-0.1, -0.05) is 49.2 Å². The Hall–Kier alpha value is -2.14. The zero-order chi connectivity index (χ0) is 17.9. The molecule has 2 amide bonds. The molecule has 0 aliphatic rings. The lowest BCUT2D eigenvalue weighted by Crippen LogP contribution is -2.26. The molecule has 0 bridgehead atoms. The number of anilines is 1. The van der Waals surface area contributed by atoms with Crippen molar-refractivity contribution in [3.63, 3.8) is 0 Å². The van der Waals surface area contributed by atoms with Gasteiger partial charge < -0.3 is 10.1 Å². The first-order valence-electron chi connectivity index (χ1n) is 8.73. The van der Waals surface area contributed by atoms with E-state index >= 15 is 0 Å². The smallest absolute Gasteiger partial charge is 0.331 e. The van der Waals surface area contributed by atoms with Gasteiger partial charge in [0.05, 0.1) is 6.61 Å². The van der Waals surface area contributed by atoms with Gasteiger partial charge in [-0.25, -0.2) is 4.79 Å². The molecule has 2 aromatic carbocycles. The molecule has 0 saturated carbocycles. The topological polar surface area (TPSA) is 41.6 Å². The Kier molecular flexibility index (Phi) is 8.19. The van der Waals surface area contributed by atoms with E-state index in [1.54, 1.807) is 0 Å². The lowest BCUT2D eigenvalue weighted by atomic mass is 10.1. The van der Waals surface area contributed by atoms with Crippen molar-refractivity contribution >= 4 is 24.5 Å². The van der Waals surface area contributed by atoms with E-state index in [4.69, 9.17) is 4.74 Å². The number of nitrogens with one attached hydrogen (secondary N) is 1. The Morgan fingerprint density at radius 1 is 1.08 bits per heavy atom. The highest BCUT2D eigenvalue weighted by Crippen LogP contribution is 2.18. The number of hydrogen-bond donors (Lipinski definition) is 2. The molecule has 0 aliphatic heterocycles. The second kappa shape index (κ2) is 10.7. The van der Waals surface area contributed by atoms with Crippen LogP contribution in [0.4, 0.5) is 10.5 Å². The maximum absolute atomic E-state index is 11.8. The van der Waals surface area contributed by atoms with E-state index in [2.05, 4.69) is 42.4 Å². The van der Waals surface area contributed by atoms with Crippen LogP contribution in [0.5, 0.6) is 5.75 Å². The van der Waals surface area contributed by atoms with E-state index in [0.29, 0.717) is 18.8 Å². The number of aryl methyl sites for hydroxylation is 1. The highest BCUT2D eigenvalue weighted by molar-refractivity contribution is 7.78. The van der Waals surface area contributed by atoms with Gasteiger partial charge in [0.25, 0.3) is 0 Å². The number of ether oxygens (including phenoxy) is 1. The molecule has 5 heteroatoms. The molecule has 0 heterocycles. The quantitative estimate of drug-likeness (QED) is 0.479. The number of amides is 2. The van der Waals surface area contributed by atoms with Gasteiger partial charge in [-0.2, -0.15) is 0 Å². The number of thiol groups is 1. The summed E-state index contributed by atoms with van der Waals surface area (Å²) in [6.07, 6.45) is 4.43. The van der Waals surface area contributed by atoms with E-state index in [1.807, 2.05) is 37.3 Å². The summed E-state index contributed by atoms with van der Waals surface area (Å²) < 4.78 is 7.10. The number of carbonyl (C=O) groups excluding carboxylic acids is 1. The van der Waals surface area contributed by atoms with E-state index < -0.39 is 0 Å². The molecule has 0 unspecified atom stereocenters. The van der Waals surface area contributed by atoms with Crippen molar-refractivity contribution in [2.45, 2.75) is 32.6 Å². The third-order valence-corrected chi connectivity index (χ3v) is 4.31. The van der Waals surface area contributed by atoms with Gasteiger partial charge in [-0.15, -0.1) is 0 Å². The number of unbranched alkanes of at least 4 members (excludes halogenated alkanes) is 2. The summed E-state index contributed by atoms with van der Waals surface area (Å²) in [5, 5.41) is 2.79. The molecule has 1 N–H and O–H groups in total. The van der Waals surface area contributed by atoms with Crippen molar-refractivity contribution in [3.05, 3.63) is 60.2 Å². The molecule has 134 valence electrons. The summed E-state index contributed by atoms with van der Waals surface area (Å²) in [4.78, 5) is 11.8. The van der Waals surface area contributed by atoms with Crippen molar-refractivity contribution in [3.8, 4) is 5.75 Å². The number of rotatable bonds is 9. The van der Waals surface area contributed by atoms with E-state index in [1.165, 1.54) is 9.87 Å². The van der Waals surface area contributed by atoms with Crippen LogP contribution < -0.4 is 10.1 Å². The fourth-order valence-corrected chi connectivity index (χ4v) is 2.49. The van der Waals surface area contributed by atoms with Gasteiger partial charge in [0.2, 0.25) is 0 Å². The summed E-state index contributed by atoms with van der Waals surface area (Å²) in [5.41, 5.74) is 2.09. The third kappa shape index (κ3) is 7.10. The summed E-state index contributed by atoms with van der Waals surface area (Å²) in [6, 6.07) is 17.7. The SMILES string of the molecule is CCN(S)C(=O)Nc1cccc(OCCCCCc2ccccc2)c1. The maximum atomic E-state index is 11.8. The number of hydrogen-bond acceptors (Lipinski definition) is 3. The first kappa shape index (κ1) is 19.2. The van der Waals surface area contributed by atoms with E-state index in [0.717, 1.165) is 31.4 Å². The highest BCUT2D eigenvalue weighted by Gasteiger charge is 2.07. The normalized spacial score (nSPS) is 10.3. The molecule has 25 heavy (non-hydrogen) atoms. The molecular formula is C20H26N2O2S. The summed E-state index contributed by atoms with van der Waals surface area (Å²) in [6.45, 7) is 3.08. The first-order chi connectivity index (χ1) is 12.2. The Morgan fingerprint density at radius 2 is 1.88 bits per heavy atom. The van der Waals surface area contributed by atoms with Gasteiger partial charge >= 0.3 is 6.03 Å². The predicted molar refractivity (Wildman–Crippen MR) is 106 cm³/mol. The molecule has 0 spiro atoms. The second-order valence-corrected chi connectivity index (χ2v) is 6.30. The third-order valence-electron chi connectivity index (χ3n) is 3.84. The van der Waals surface area contributed by atoms with E-state index in [-0.39, 0.29) is 6.03 Å².